The fourth-order valence-electron chi connectivity index (χ4n) is 2.21. The molecule has 0 aliphatic heterocycles. The van der Waals surface area contributed by atoms with Crippen molar-refractivity contribution < 1.29 is 27.8 Å². The molecule has 0 aromatic heterocycles. The Labute approximate surface area is 137 Å². The highest BCUT2D eigenvalue weighted by atomic mass is 19.4. The van der Waals surface area contributed by atoms with E-state index in [2.05, 4.69) is 0 Å². The van der Waals surface area contributed by atoms with Gasteiger partial charge in [0.25, 0.3) is 5.91 Å². The SMILES string of the molecule is COc1cccc(C(=O)N(C)Cc2ccc(C(F)(F)F)cc2)c1O. The van der Waals surface area contributed by atoms with Gasteiger partial charge in [0.05, 0.1) is 18.2 Å². The van der Waals surface area contributed by atoms with Crippen LogP contribution in [0.4, 0.5) is 13.2 Å². The summed E-state index contributed by atoms with van der Waals surface area (Å²) in [7, 11) is 2.87. The molecule has 1 amide bonds. The van der Waals surface area contributed by atoms with Crippen molar-refractivity contribution in [1.29, 1.82) is 0 Å². The van der Waals surface area contributed by atoms with Crippen LogP contribution < -0.4 is 4.74 Å². The van der Waals surface area contributed by atoms with Crippen molar-refractivity contribution in [3.05, 3.63) is 59.2 Å². The van der Waals surface area contributed by atoms with E-state index >= 15 is 0 Å². The number of halogens is 3. The Morgan fingerprint density at radius 1 is 1.17 bits per heavy atom. The highest BCUT2D eigenvalue weighted by Crippen LogP contribution is 2.31. The lowest BCUT2D eigenvalue weighted by Crippen LogP contribution is -2.26. The fraction of sp³-hybridized carbons (Fsp3) is 0.235. The van der Waals surface area contributed by atoms with Crippen molar-refractivity contribution in [2.24, 2.45) is 0 Å². The molecule has 4 nitrogen and oxygen atoms in total. The van der Waals surface area contributed by atoms with E-state index in [1.165, 1.54) is 43.3 Å². The topological polar surface area (TPSA) is 49.8 Å². The van der Waals surface area contributed by atoms with Crippen molar-refractivity contribution in [2.45, 2.75) is 12.7 Å². The molecular weight excluding hydrogens is 323 g/mol. The predicted octanol–water partition coefficient (Wildman–Crippen LogP) is 3.69. The van der Waals surface area contributed by atoms with Gasteiger partial charge in [-0.25, -0.2) is 0 Å². The van der Waals surface area contributed by atoms with E-state index in [9.17, 15) is 23.1 Å². The number of benzene rings is 2. The monoisotopic (exact) mass is 339 g/mol. The number of alkyl halides is 3. The van der Waals surface area contributed by atoms with Crippen LogP contribution in [-0.2, 0) is 12.7 Å². The van der Waals surface area contributed by atoms with Crippen LogP contribution in [0.15, 0.2) is 42.5 Å². The number of carbonyl (C=O) groups excluding carboxylic acids is 1. The van der Waals surface area contributed by atoms with Gasteiger partial charge in [0.2, 0.25) is 0 Å². The molecule has 0 aliphatic rings. The highest BCUT2D eigenvalue weighted by Gasteiger charge is 2.30. The molecule has 24 heavy (non-hydrogen) atoms. The molecule has 0 heterocycles. The first-order chi connectivity index (χ1) is 11.2. The average molecular weight is 339 g/mol. The van der Waals surface area contributed by atoms with Crippen molar-refractivity contribution in [3.8, 4) is 11.5 Å². The van der Waals surface area contributed by atoms with Crippen LogP contribution in [0.1, 0.15) is 21.5 Å². The van der Waals surface area contributed by atoms with E-state index in [1.54, 1.807) is 6.07 Å². The maximum absolute atomic E-state index is 12.5. The summed E-state index contributed by atoms with van der Waals surface area (Å²) in [6, 6.07) is 9.10. The summed E-state index contributed by atoms with van der Waals surface area (Å²) in [5.41, 5.74) is -0.143. The number of amides is 1. The largest absolute Gasteiger partial charge is 0.504 e. The van der Waals surface area contributed by atoms with E-state index in [-0.39, 0.29) is 23.6 Å². The Bertz CT molecular complexity index is 727. The second-order valence-corrected chi connectivity index (χ2v) is 5.21. The maximum Gasteiger partial charge on any atom is 0.416 e. The zero-order valence-corrected chi connectivity index (χ0v) is 13.1. The molecule has 0 spiro atoms. The molecule has 7 heteroatoms. The number of para-hydroxylation sites is 1. The molecule has 1 N–H and O–H groups in total. The average Bonchev–Trinajstić information content (AvgIpc) is 2.54. The van der Waals surface area contributed by atoms with Crippen molar-refractivity contribution in [1.82, 2.24) is 4.90 Å². The van der Waals surface area contributed by atoms with E-state index in [0.29, 0.717) is 5.56 Å². The molecule has 0 aliphatic carbocycles. The lowest BCUT2D eigenvalue weighted by Gasteiger charge is -2.19. The molecule has 0 saturated heterocycles. The Hall–Kier alpha value is -2.70. The number of ether oxygens (including phenoxy) is 1. The molecule has 2 aromatic rings. The molecule has 0 radical (unpaired) electrons. The highest BCUT2D eigenvalue weighted by molar-refractivity contribution is 5.97. The van der Waals surface area contributed by atoms with Crippen LogP contribution in [0.5, 0.6) is 11.5 Å². The van der Waals surface area contributed by atoms with Gasteiger partial charge >= 0.3 is 6.18 Å². The van der Waals surface area contributed by atoms with Gasteiger partial charge in [0.15, 0.2) is 11.5 Å². The summed E-state index contributed by atoms with van der Waals surface area (Å²) in [6.45, 7) is 0.105. The molecule has 0 saturated carbocycles. The van der Waals surface area contributed by atoms with Crippen molar-refractivity contribution in [2.75, 3.05) is 14.2 Å². The van der Waals surface area contributed by atoms with E-state index in [0.717, 1.165) is 12.1 Å². The van der Waals surface area contributed by atoms with Gasteiger partial charge in [-0.05, 0) is 29.8 Å². The molecule has 2 rings (SSSR count). The Morgan fingerprint density at radius 3 is 2.33 bits per heavy atom. The number of hydrogen-bond acceptors (Lipinski definition) is 3. The van der Waals surface area contributed by atoms with Crippen molar-refractivity contribution >= 4 is 5.91 Å². The quantitative estimate of drug-likeness (QED) is 0.924. The van der Waals surface area contributed by atoms with Gasteiger partial charge in [-0.1, -0.05) is 18.2 Å². The van der Waals surface area contributed by atoms with E-state index < -0.39 is 17.6 Å². The number of rotatable bonds is 4. The Morgan fingerprint density at radius 2 is 1.79 bits per heavy atom. The maximum atomic E-state index is 12.5. The third-order valence-electron chi connectivity index (χ3n) is 3.50. The molecule has 128 valence electrons. The summed E-state index contributed by atoms with van der Waals surface area (Å²) >= 11 is 0. The zero-order valence-electron chi connectivity index (χ0n) is 13.1. The molecule has 0 fully saturated rings. The number of carbonyl (C=O) groups is 1. The van der Waals surface area contributed by atoms with Crippen LogP contribution in [0.25, 0.3) is 0 Å². The third kappa shape index (κ3) is 3.79. The second kappa shape index (κ2) is 6.82. The van der Waals surface area contributed by atoms with Crippen LogP contribution >= 0.6 is 0 Å². The number of hydrogen-bond donors (Lipinski definition) is 1. The van der Waals surface area contributed by atoms with Crippen molar-refractivity contribution in [3.63, 3.8) is 0 Å². The fourth-order valence-corrected chi connectivity index (χ4v) is 2.21. The van der Waals surface area contributed by atoms with Crippen LogP contribution in [0.3, 0.4) is 0 Å². The first kappa shape index (κ1) is 17.7. The minimum Gasteiger partial charge on any atom is -0.504 e. The van der Waals surface area contributed by atoms with E-state index in [1.807, 2.05) is 0 Å². The van der Waals surface area contributed by atoms with Gasteiger partial charge in [0, 0.05) is 13.6 Å². The summed E-state index contributed by atoms with van der Waals surface area (Å²) in [5.74, 6) is -0.570. The van der Waals surface area contributed by atoms with Gasteiger partial charge in [-0.3, -0.25) is 4.79 Å². The summed E-state index contributed by atoms with van der Waals surface area (Å²) in [6.07, 6.45) is -4.40. The molecule has 0 atom stereocenters. The third-order valence-corrected chi connectivity index (χ3v) is 3.50. The van der Waals surface area contributed by atoms with Gasteiger partial charge in [0.1, 0.15) is 0 Å². The first-order valence-corrected chi connectivity index (χ1v) is 7.01. The Kier molecular flexibility index (Phi) is 5.02. The number of phenolic OH excluding ortho intramolecular Hbond substituents is 1. The minimum absolute atomic E-state index is 0.0590. The molecule has 0 bridgehead atoms. The van der Waals surface area contributed by atoms with Gasteiger partial charge in [-0.15, -0.1) is 0 Å². The van der Waals surface area contributed by atoms with Gasteiger partial charge < -0.3 is 14.7 Å². The number of methoxy groups -OCH3 is 1. The summed E-state index contributed by atoms with van der Waals surface area (Å²) in [5, 5.41) is 10.0. The number of phenols is 1. The Balaban J connectivity index is 2.15. The van der Waals surface area contributed by atoms with Crippen LogP contribution in [0.2, 0.25) is 0 Å². The summed E-state index contributed by atoms with van der Waals surface area (Å²) in [4.78, 5) is 13.7. The number of aromatic hydroxyl groups is 1. The predicted molar refractivity (Wildman–Crippen MR) is 81.9 cm³/mol. The zero-order chi connectivity index (χ0) is 17.9. The normalized spacial score (nSPS) is 11.2. The molecule has 0 unspecified atom stereocenters. The standard InChI is InChI=1S/C17H16F3NO3/c1-21(10-11-6-8-12(9-7-11)17(18,19)20)16(23)13-4-3-5-14(24-2)15(13)22/h3-9,22H,10H2,1-2H3. The van der Waals surface area contributed by atoms with Crippen LogP contribution in [0, 0.1) is 0 Å². The van der Waals surface area contributed by atoms with E-state index in [4.69, 9.17) is 4.74 Å². The first-order valence-electron chi connectivity index (χ1n) is 7.01. The van der Waals surface area contributed by atoms with Gasteiger partial charge in [-0.2, -0.15) is 13.2 Å². The summed E-state index contributed by atoms with van der Waals surface area (Å²) < 4.78 is 42.6. The molecular formula is C17H16F3NO3. The second-order valence-electron chi connectivity index (χ2n) is 5.21. The minimum atomic E-state index is -4.40. The smallest absolute Gasteiger partial charge is 0.416 e. The van der Waals surface area contributed by atoms with Crippen LogP contribution in [-0.4, -0.2) is 30.1 Å². The number of nitrogens with zero attached hydrogens (tertiary/aromatic N) is 1. The molecule has 2 aromatic carbocycles. The lowest BCUT2D eigenvalue weighted by molar-refractivity contribution is -0.137. The lowest BCUT2D eigenvalue weighted by atomic mass is 10.1.